The zero-order valence-corrected chi connectivity index (χ0v) is 13.5. The number of hydrogen-bond donors (Lipinski definition) is 2. The van der Waals surface area contributed by atoms with E-state index >= 15 is 0 Å². The molecule has 0 spiro atoms. The van der Waals surface area contributed by atoms with Crippen LogP contribution < -0.4 is 5.32 Å². The minimum atomic E-state index is -0.740. The number of amides is 3. The summed E-state index contributed by atoms with van der Waals surface area (Å²) in [6.07, 6.45) is 1.40. The van der Waals surface area contributed by atoms with Crippen LogP contribution in [0, 0.1) is 17.7 Å². The fourth-order valence-corrected chi connectivity index (χ4v) is 3.06. The first kappa shape index (κ1) is 17.1. The van der Waals surface area contributed by atoms with Crippen molar-refractivity contribution in [2.24, 2.45) is 0 Å². The molecule has 1 atom stereocenters. The molecule has 130 valence electrons. The van der Waals surface area contributed by atoms with Crippen molar-refractivity contribution in [1.82, 2.24) is 10.2 Å². The number of carbonyl (C=O) groups excluding carboxylic acids is 3. The highest BCUT2D eigenvalue weighted by Gasteiger charge is 2.40. The van der Waals surface area contributed by atoms with Crippen LogP contribution in [0.2, 0.25) is 0 Å². The highest BCUT2D eigenvalue weighted by atomic mass is 19.1. The van der Waals surface area contributed by atoms with Crippen molar-refractivity contribution in [3.05, 3.63) is 34.6 Å². The lowest BCUT2D eigenvalue weighted by atomic mass is 10.0. The van der Waals surface area contributed by atoms with Crippen molar-refractivity contribution < 1.29 is 23.9 Å². The Hall–Kier alpha value is -2.72. The minimum Gasteiger partial charge on any atom is -0.396 e. The summed E-state index contributed by atoms with van der Waals surface area (Å²) >= 11 is 0. The van der Waals surface area contributed by atoms with Crippen LogP contribution in [0.15, 0.2) is 12.1 Å². The lowest BCUT2D eigenvalue weighted by Crippen LogP contribution is -2.52. The van der Waals surface area contributed by atoms with E-state index in [9.17, 15) is 18.8 Å². The van der Waals surface area contributed by atoms with E-state index in [-0.39, 0.29) is 37.5 Å². The van der Waals surface area contributed by atoms with E-state index in [0.717, 1.165) is 6.07 Å². The van der Waals surface area contributed by atoms with Gasteiger partial charge in [0.05, 0.1) is 0 Å². The zero-order valence-electron chi connectivity index (χ0n) is 13.5. The number of hydrogen-bond acceptors (Lipinski definition) is 4. The molecule has 0 aliphatic carbocycles. The van der Waals surface area contributed by atoms with Gasteiger partial charge in [-0.25, -0.2) is 4.39 Å². The Kier molecular flexibility index (Phi) is 4.81. The Morgan fingerprint density at radius 2 is 2.12 bits per heavy atom. The third kappa shape index (κ3) is 3.39. The van der Waals surface area contributed by atoms with Crippen LogP contribution >= 0.6 is 0 Å². The number of carbonyl (C=O) groups is 3. The van der Waals surface area contributed by atoms with Crippen molar-refractivity contribution in [2.75, 3.05) is 6.61 Å². The lowest BCUT2D eigenvalue weighted by molar-refractivity contribution is -0.136. The SMILES string of the molecule is O=C1CC[C@H](N2Cc3c(C#CCCCO)cc(F)cc3C2=O)C(=O)N1. The zero-order chi connectivity index (χ0) is 18.0. The van der Waals surface area contributed by atoms with Gasteiger partial charge in [0, 0.05) is 42.7 Å². The fraction of sp³-hybridized carbons (Fsp3) is 0.389. The van der Waals surface area contributed by atoms with Crippen molar-refractivity contribution in [3.63, 3.8) is 0 Å². The molecule has 6 nitrogen and oxygen atoms in total. The standard InChI is InChI=1S/C18H17FN2O4/c19-12-8-11(4-2-1-3-7-22)14-10-21(18(25)13(14)9-12)15-5-6-16(23)20-17(15)24/h8-9,15,22H,1,3,5-7,10H2,(H,20,23,24)/t15-/m0/s1. The number of nitrogens with zero attached hydrogens (tertiary/aromatic N) is 1. The molecule has 2 heterocycles. The topological polar surface area (TPSA) is 86.7 Å². The summed E-state index contributed by atoms with van der Waals surface area (Å²) in [5.41, 5.74) is 1.21. The molecule has 1 aromatic rings. The number of aliphatic hydroxyl groups excluding tert-OH is 1. The van der Waals surface area contributed by atoms with Gasteiger partial charge in [0.15, 0.2) is 0 Å². The number of halogens is 1. The van der Waals surface area contributed by atoms with Crippen LogP contribution in [0.4, 0.5) is 4.39 Å². The van der Waals surface area contributed by atoms with Gasteiger partial charge >= 0.3 is 0 Å². The molecule has 3 rings (SSSR count). The molecule has 0 radical (unpaired) electrons. The second kappa shape index (κ2) is 7.03. The molecule has 0 bridgehead atoms. The van der Waals surface area contributed by atoms with E-state index in [0.29, 0.717) is 24.0 Å². The summed E-state index contributed by atoms with van der Waals surface area (Å²) in [5.74, 6) is 3.85. The molecule has 2 aliphatic heterocycles. The summed E-state index contributed by atoms with van der Waals surface area (Å²) in [7, 11) is 0. The molecular weight excluding hydrogens is 327 g/mol. The van der Waals surface area contributed by atoms with Crippen molar-refractivity contribution >= 4 is 17.7 Å². The van der Waals surface area contributed by atoms with E-state index in [2.05, 4.69) is 17.2 Å². The molecule has 0 saturated carbocycles. The van der Waals surface area contributed by atoms with E-state index in [1.54, 1.807) is 0 Å². The average Bonchev–Trinajstić information content (AvgIpc) is 2.89. The van der Waals surface area contributed by atoms with E-state index in [1.165, 1.54) is 11.0 Å². The van der Waals surface area contributed by atoms with Gasteiger partial charge in [-0.15, -0.1) is 0 Å². The highest BCUT2D eigenvalue weighted by molar-refractivity contribution is 6.05. The van der Waals surface area contributed by atoms with E-state index in [1.807, 2.05) is 0 Å². The first-order chi connectivity index (χ1) is 12.0. The van der Waals surface area contributed by atoms with E-state index in [4.69, 9.17) is 5.11 Å². The number of aliphatic hydroxyl groups is 1. The van der Waals surface area contributed by atoms with Gasteiger partial charge in [-0.1, -0.05) is 11.8 Å². The molecule has 25 heavy (non-hydrogen) atoms. The van der Waals surface area contributed by atoms with Crippen LogP contribution in [0.5, 0.6) is 0 Å². The Labute approximate surface area is 144 Å². The lowest BCUT2D eigenvalue weighted by Gasteiger charge is -2.29. The highest BCUT2D eigenvalue weighted by Crippen LogP contribution is 2.30. The number of imide groups is 1. The second-order valence-corrected chi connectivity index (χ2v) is 6.01. The van der Waals surface area contributed by atoms with Crippen LogP contribution in [-0.4, -0.2) is 40.4 Å². The average molecular weight is 344 g/mol. The molecule has 1 aromatic carbocycles. The van der Waals surface area contributed by atoms with Gasteiger partial charge in [-0.3, -0.25) is 19.7 Å². The van der Waals surface area contributed by atoms with E-state index < -0.39 is 23.7 Å². The maximum Gasteiger partial charge on any atom is 0.255 e. The summed E-state index contributed by atoms with van der Waals surface area (Å²) in [6, 6.07) is 1.69. The largest absolute Gasteiger partial charge is 0.396 e. The van der Waals surface area contributed by atoms with Crippen LogP contribution in [0.3, 0.4) is 0 Å². The summed E-state index contributed by atoms with van der Waals surface area (Å²) in [4.78, 5) is 37.3. The summed E-state index contributed by atoms with van der Waals surface area (Å²) in [6.45, 7) is 0.183. The predicted octanol–water partition coefficient (Wildman–Crippen LogP) is 0.711. The number of fused-ring (bicyclic) bond motifs is 1. The molecule has 7 heteroatoms. The predicted molar refractivity (Wildman–Crippen MR) is 85.6 cm³/mol. The molecular formula is C18H17FN2O4. The quantitative estimate of drug-likeness (QED) is 0.480. The fourth-order valence-electron chi connectivity index (χ4n) is 3.06. The van der Waals surface area contributed by atoms with Crippen molar-refractivity contribution in [2.45, 2.75) is 38.3 Å². The Morgan fingerprint density at radius 1 is 1.32 bits per heavy atom. The monoisotopic (exact) mass is 344 g/mol. The van der Waals surface area contributed by atoms with Crippen LogP contribution in [0.25, 0.3) is 0 Å². The summed E-state index contributed by atoms with van der Waals surface area (Å²) < 4.78 is 13.9. The third-order valence-corrected chi connectivity index (χ3v) is 4.30. The molecule has 3 amide bonds. The Balaban J connectivity index is 1.88. The van der Waals surface area contributed by atoms with Crippen LogP contribution in [-0.2, 0) is 16.1 Å². The number of benzene rings is 1. The Bertz CT molecular complexity index is 809. The van der Waals surface area contributed by atoms with Gasteiger partial charge < -0.3 is 10.0 Å². The Morgan fingerprint density at radius 3 is 2.84 bits per heavy atom. The van der Waals surface area contributed by atoms with Crippen molar-refractivity contribution in [1.29, 1.82) is 0 Å². The number of piperidine rings is 1. The first-order valence-corrected chi connectivity index (χ1v) is 8.08. The van der Waals surface area contributed by atoms with Gasteiger partial charge in [0.25, 0.3) is 5.91 Å². The minimum absolute atomic E-state index is 0.0255. The number of rotatable bonds is 3. The maximum absolute atomic E-state index is 13.9. The van der Waals surface area contributed by atoms with Gasteiger partial charge in [0.2, 0.25) is 11.8 Å². The molecule has 1 saturated heterocycles. The van der Waals surface area contributed by atoms with Crippen molar-refractivity contribution in [3.8, 4) is 11.8 Å². The number of unbranched alkanes of at least 4 members (excludes halogenated alkanes) is 1. The molecule has 0 aromatic heterocycles. The molecule has 1 fully saturated rings. The molecule has 2 N–H and O–H groups in total. The summed E-state index contributed by atoms with van der Waals surface area (Å²) in [5, 5.41) is 11.0. The van der Waals surface area contributed by atoms with Gasteiger partial charge in [-0.2, -0.15) is 0 Å². The maximum atomic E-state index is 13.9. The first-order valence-electron chi connectivity index (χ1n) is 8.08. The normalized spacial score (nSPS) is 19.4. The second-order valence-electron chi connectivity index (χ2n) is 6.01. The third-order valence-electron chi connectivity index (χ3n) is 4.30. The smallest absolute Gasteiger partial charge is 0.255 e. The molecule has 2 aliphatic rings. The van der Waals surface area contributed by atoms with Gasteiger partial charge in [0.1, 0.15) is 11.9 Å². The number of nitrogens with one attached hydrogen (secondary N) is 1. The van der Waals surface area contributed by atoms with Crippen LogP contribution in [0.1, 0.15) is 47.2 Å². The van der Waals surface area contributed by atoms with Gasteiger partial charge in [-0.05, 0) is 25.0 Å². The molecule has 0 unspecified atom stereocenters.